The van der Waals surface area contributed by atoms with Gasteiger partial charge in [-0.1, -0.05) is 20.8 Å². The SMILES string of the molecule is CCc1oc(C2NC(=O)NC2=O)cc1/C=C(\CF)CCC(=O)NCCNC(C)C. The summed E-state index contributed by atoms with van der Waals surface area (Å²) in [5.74, 6) is 0.259. The van der Waals surface area contributed by atoms with Crippen molar-refractivity contribution in [3.05, 3.63) is 28.7 Å². The summed E-state index contributed by atoms with van der Waals surface area (Å²) in [5, 5.41) is 10.6. The van der Waals surface area contributed by atoms with Crippen LogP contribution in [-0.4, -0.2) is 43.7 Å². The normalized spacial score (nSPS) is 16.9. The van der Waals surface area contributed by atoms with E-state index < -0.39 is 24.7 Å². The van der Waals surface area contributed by atoms with Crippen LogP contribution in [0.3, 0.4) is 0 Å². The number of imide groups is 1. The van der Waals surface area contributed by atoms with Crippen LogP contribution < -0.4 is 21.3 Å². The topological polar surface area (TPSA) is 112 Å². The lowest BCUT2D eigenvalue weighted by atomic mass is 10.1. The molecular formula is C20H29FN4O4. The predicted molar refractivity (Wildman–Crippen MR) is 107 cm³/mol. The first kappa shape index (κ1) is 22.6. The van der Waals surface area contributed by atoms with E-state index in [1.54, 1.807) is 12.1 Å². The van der Waals surface area contributed by atoms with Gasteiger partial charge < -0.3 is 20.4 Å². The lowest BCUT2D eigenvalue weighted by Gasteiger charge is -2.09. The summed E-state index contributed by atoms with van der Waals surface area (Å²) in [6.45, 7) is 6.44. The number of aryl methyl sites for hydroxylation is 1. The number of carbonyl (C=O) groups excluding carboxylic acids is 3. The van der Waals surface area contributed by atoms with E-state index >= 15 is 0 Å². The Morgan fingerprint density at radius 1 is 1.31 bits per heavy atom. The van der Waals surface area contributed by atoms with Crippen molar-refractivity contribution in [1.82, 2.24) is 21.3 Å². The lowest BCUT2D eigenvalue weighted by molar-refractivity contribution is -0.121. The third-order valence-electron chi connectivity index (χ3n) is 4.44. The van der Waals surface area contributed by atoms with Crippen molar-refractivity contribution >= 4 is 23.9 Å². The highest BCUT2D eigenvalue weighted by Crippen LogP contribution is 2.26. The molecule has 2 rings (SSSR count). The number of allylic oxidation sites excluding steroid dienone is 1. The molecule has 1 aromatic rings. The zero-order chi connectivity index (χ0) is 21.4. The smallest absolute Gasteiger partial charge is 0.322 e. The Labute approximate surface area is 169 Å². The number of alkyl halides is 1. The Morgan fingerprint density at radius 2 is 2.07 bits per heavy atom. The van der Waals surface area contributed by atoms with Crippen LogP contribution in [0.1, 0.15) is 56.7 Å². The van der Waals surface area contributed by atoms with Gasteiger partial charge in [0.2, 0.25) is 5.91 Å². The molecular weight excluding hydrogens is 379 g/mol. The van der Waals surface area contributed by atoms with E-state index in [0.717, 1.165) is 0 Å². The fourth-order valence-electron chi connectivity index (χ4n) is 2.94. The molecule has 0 saturated carbocycles. The molecule has 4 N–H and O–H groups in total. The summed E-state index contributed by atoms with van der Waals surface area (Å²) in [4.78, 5) is 35.1. The highest BCUT2D eigenvalue weighted by atomic mass is 19.1. The van der Waals surface area contributed by atoms with Crippen LogP contribution in [0.15, 0.2) is 16.1 Å². The van der Waals surface area contributed by atoms with Crippen molar-refractivity contribution in [3.63, 3.8) is 0 Å². The number of carbonyl (C=O) groups is 3. The van der Waals surface area contributed by atoms with Crippen LogP contribution >= 0.6 is 0 Å². The van der Waals surface area contributed by atoms with Gasteiger partial charge in [0, 0.05) is 37.5 Å². The van der Waals surface area contributed by atoms with Gasteiger partial charge in [0.25, 0.3) is 5.91 Å². The molecule has 0 radical (unpaired) electrons. The Morgan fingerprint density at radius 3 is 2.66 bits per heavy atom. The first-order valence-electron chi connectivity index (χ1n) is 9.83. The van der Waals surface area contributed by atoms with Gasteiger partial charge in [0.1, 0.15) is 18.2 Å². The number of halogens is 1. The Hall–Kier alpha value is -2.68. The summed E-state index contributed by atoms with van der Waals surface area (Å²) in [6.07, 6.45) is 2.65. The van der Waals surface area contributed by atoms with E-state index in [1.807, 2.05) is 20.8 Å². The molecule has 0 aromatic carbocycles. The second kappa shape index (κ2) is 10.8. The van der Waals surface area contributed by atoms with Crippen LogP contribution in [-0.2, 0) is 16.0 Å². The zero-order valence-corrected chi connectivity index (χ0v) is 17.1. The maximum Gasteiger partial charge on any atom is 0.322 e. The largest absolute Gasteiger partial charge is 0.463 e. The van der Waals surface area contributed by atoms with E-state index in [2.05, 4.69) is 21.3 Å². The number of rotatable bonds is 11. The molecule has 1 unspecified atom stereocenters. The minimum atomic E-state index is -0.894. The summed E-state index contributed by atoms with van der Waals surface area (Å²) in [5.41, 5.74) is 1.10. The van der Waals surface area contributed by atoms with Crippen LogP contribution in [0.2, 0.25) is 0 Å². The molecule has 8 nitrogen and oxygen atoms in total. The van der Waals surface area contributed by atoms with E-state index in [0.29, 0.717) is 48.2 Å². The molecule has 1 saturated heterocycles. The molecule has 1 aliphatic heterocycles. The number of hydrogen-bond acceptors (Lipinski definition) is 5. The maximum atomic E-state index is 13.5. The monoisotopic (exact) mass is 408 g/mol. The van der Waals surface area contributed by atoms with Crippen molar-refractivity contribution < 1.29 is 23.2 Å². The third-order valence-corrected chi connectivity index (χ3v) is 4.44. The number of urea groups is 1. The minimum absolute atomic E-state index is 0.135. The second-order valence-electron chi connectivity index (χ2n) is 7.17. The fraction of sp³-hybridized carbons (Fsp3) is 0.550. The maximum absolute atomic E-state index is 13.5. The van der Waals surface area contributed by atoms with Gasteiger partial charge >= 0.3 is 6.03 Å². The van der Waals surface area contributed by atoms with Crippen molar-refractivity contribution in [2.75, 3.05) is 19.8 Å². The van der Waals surface area contributed by atoms with Crippen LogP contribution in [0.25, 0.3) is 6.08 Å². The first-order chi connectivity index (χ1) is 13.8. The van der Waals surface area contributed by atoms with Gasteiger partial charge in [-0.15, -0.1) is 0 Å². The minimum Gasteiger partial charge on any atom is -0.463 e. The van der Waals surface area contributed by atoms with Gasteiger partial charge in [-0.2, -0.15) is 0 Å². The molecule has 1 atom stereocenters. The average molecular weight is 408 g/mol. The van der Waals surface area contributed by atoms with Gasteiger partial charge in [-0.25, -0.2) is 9.18 Å². The van der Waals surface area contributed by atoms with Crippen molar-refractivity contribution in [2.45, 2.75) is 52.1 Å². The van der Waals surface area contributed by atoms with Gasteiger partial charge in [0.05, 0.1) is 0 Å². The molecule has 2 heterocycles. The predicted octanol–water partition coefficient (Wildman–Crippen LogP) is 1.97. The fourth-order valence-corrected chi connectivity index (χ4v) is 2.94. The van der Waals surface area contributed by atoms with Crippen LogP contribution in [0, 0.1) is 0 Å². The second-order valence-corrected chi connectivity index (χ2v) is 7.17. The van der Waals surface area contributed by atoms with Crippen LogP contribution in [0.4, 0.5) is 9.18 Å². The van der Waals surface area contributed by atoms with E-state index in [1.165, 1.54) is 0 Å². The van der Waals surface area contributed by atoms with Crippen molar-refractivity contribution in [2.24, 2.45) is 0 Å². The Bertz CT molecular complexity index is 773. The molecule has 29 heavy (non-hydrogen) atoms. The summed E-state index contributed by atoms with van der Waals surface area (Å²) < 4.78 is 19.2. The molecule has 0 aliphatic carbocycles. The molecule has 1 aliphatic rings. The number of amides is 4. The third kappa shape index (κ3) is 6.70. The highest BCUT2D eigenvalue weighted by molar-refractivity contribution is 6.04. The molecule has 1 fully saturated rings. The molecule has 9 heteroatoms. The lowest BCUT2D eigenvalue weighted by Crippen LogP contribution is -2.34. The van der Waals surface area contributed by atoms with Gasteiger partial charge in [0.15, 0.2) is 6.04 Å². The quantitative estimate of drug-likeness (QED) is 0.330. The molecule has 1 aromatic heterocycles. The first-order valence-corrected chi connectivity index (χ1v) is 9.83. The van der Waals surface area contributed by atoms with Gasteiger partial charge in [-0.3, -0.25) is 14.9 Å². The molecule has 4 amide bonds. The van der Waals surface area contributed by atoms with Crippen molar-refractivity contribution in [3.8, 4) is 0 Å². The average Bonchev–Trinajstić information content (AvgIpc) is 3.23. The summed E-state index contributed by atoms with van der Waals surface area (Å²) >= 11 is 0. The van der Waals surface area contributed by atoms with Gasteiger partial charge in [-0.05, 0) is 24.1 Å². The van der Waals surface area contributed by atoms with E-state index in [4.69, 9.17) is 4.42 Å². The molecule has 160 valence electrons. The van der Waals surface area contributed by atoms with E-state index in [-0.39, 0.29) is 18.7 Å². The standard InChI is InChI=1S/C20H29FN4O4/c1-4-15-14(10-16(29-15)18-19(27)25-20(28)24-18)9-13(11-21)5-6-17(26)23-8-7-22-12(2)3/h9-10,12,18,22H,4-8,11H2,1-3H3,(H,23,26)(H2,24,25,27,28)/b13-9-. The Balaban J connectivity index is 1.98. The number of furan rings is 1. The molecule has 0 bridgehead atoms. The van der Waals surface area contributed by atoms with Crippen molar-refractivity contribution in [1.29, 1.82) is 0 Å². The highest BCUT2D eigenvalue weighted by Gasteiger charge is 2.34. The Kier molecular flexibility index (Phi) is 8.38. The number of nitrogens with one attached hydrogen (secondary N) is 4. The van der Waals surface area contributed by atoms with Crippen LogP contribution in [0.5, 0.6) is 0 Å². The summed E-state index contributed by atoms with van der Waals surface area (Å²) in [7, 11) is 0. The summed E-state index contributed by atoms with van der Waals surface area (Å²) in [6, 6.07) is 0.506. The number of hydrogen-bond donors (Lipinski definition) is 4. The van der Waals surface area contributed by atoms with E-state index in [9.17, 15) is 18.8 Å². The zero-order valence-electron chi connectivity index (χ0n) is 17.1. The molecule has 0 spiro atoms.